The van der Waals surface area contributed by atoms with Crippen molar-refractivity contribution in [2.75, 3.05) is 7.05 Å². The number of nitro benzene ring substituents is 1. The first-order valence-corrected chi connectivity index (χ1v) is 7.47. The van der Waals surface area contributed by atoms with E-state index in [0.717, 1.165) is 4.90 Å². The standard InChI is InChI=1S/C18H14N2O5/c1-19-15(12-9-5-6-10-13(12)20(24)25)14(17(22)18(19)23)16(21)11-7-3-2-4-8-11/h2-10,15,21H,1H3/t15-/m1/s1. The van der Waals surface area contributed by atoms with E-state index in [0.29, 0.717) is 5.56 Å². The van der Waals surface area contributed by atoms with Crippen LogP contribution in [0.2, 0.25) is 0 Å². The summed E-state index contributed by atoms with van der Waals surface area (Å²) in [6.45, 7) is 0. The fourth-order valence-electron chi connectivity index (χ4n) is 2.95. The van der Waals surface area contributed by atoms with Crippen LogP contribution in [-0.2, 0) is 9.59 Å². The van der Waals surface area contributed by atoms with Gasteiger partial charge in [-0.15, -0.1) is 0 Å². The predicted octanol–water partition coefficient (Wildman–Crippen LogP) is 2.65. The second kappa shape index (κ2) is 6.20. The molecule has 0 radical (unpaired) electrons. The summed E-state index contributed by atoms with van der Waals surface area (Å²) in [5.41, 5.74) is 0.150. The number of ketones is 1. The number of amides is 1. The fraction of sp³-hybridized carbons (Fsp3) is 0.111. The zero-order chi connectivity index (χ0) is 18.1. The van der Waals surface area contributed by atoms with E-state index in [1.54, 1.807) is 36.4 Å². The molecule has 3 rings (SSSR count). The van der Waals surface area contributed by atoms with Gasteiger partial charge in [-0.25, -0.2) is 0 Å². The van der Waals surface area contributed by atoms with Gasteiger partial charge in [0.25, 0.3) is 17.4 Å². The van der Waals surface area contributed by atoms with Crippen LogP contribution < -0.4 is 0 Å². The lowest BCUT2D eigenvalue weighted by molar-refractivity contribution is -0.385. The van der Waals surface area contributed by atoms with Crippen molar-refractivity contribution >= 4 is 23.1 Å². The normalized spacial score (nSPS) is 19.2. The van der Waals surface area contributed by atoms with Gasteiger partial charge in [0.05, 0.1) is 22.1 Å². The molecule has 126 valence electrons. The van der Waals surface area contributed by atoms with Gasteiger partial charge in [-0.3, -0.25) is 19.7 Å². The summed E-state index contributed by atoms with van der Waals surface area (Å²) in [4.78, 5) is 36.5. The van der Waals surface area contributed by atoms with Gasteiger partial charge in [-0.1, -0.05) is 42.5 Å². The second-order valence-corrected chi connectivity index (χ2v) is 5.59. The zero-order valence-electron chi connectivity index (χ0n) is 13.2. The summed E-state index contributed by atoms with van der Waals surface area (Å²) < 4.78 is 0. The SMILES string of the molecule is CN1C(=O)C(=O)C(=C(O)c2ccccc2)[C@H]1c1ccccc1[N+](=O)[O-]. The number of nitrogens with zero attached hydrogens (tertiary/aromatic N) is 2. The summed E-state index contributed by atoms with van der Waals surface area (Å²) in [5.74, 6) is -2.04. The molecule has 1 amide bonds. The molecule has 1 N–H and O–H groups in total. The first-order chi connectivity index (χ1) is 11.9. The molecule has 0 aliphatic carbocycles. The Kier molecular flexibility index (Phi) is 4.06. The molecule has 1 saturated heterocycles. The lowest BCUT2D eigenvalue weighted by Crippen LogP contribution is -2.25. The number of likely N-dealkylation sites (N-methyl/N-ethyl adjacent to an activating group) is 1. The van der Waals surface area contributed by atoms with Crippen molar-refractivity contribution in [1.82, 2.24) is 4.90 Å². The maximum absolute atomic E-state index is 12.4. The van der Waals surface area contributed by atoms with E-state index in [4.69, 9.17) is 0 Å². The van der Waals surface area contributed by atoms with Crippen LogP contribution in [0.25, 0.3) is 5.76 Å². The Morgan fingerprint density at radius 2 is 1.68 bits per heavy atom. The molecule has 2 aromatic rings. The number of aliphatic hydroxyl groups is 1. The van der Waals surface area contributed by atoms with E-state index in [2.05, 4.69) is 0 Å². The Hall–Kier alpha value is -3.48. The number of nitro groups is 1. The van der Waals surface area contributed by atoms with Crippen LogP contribution in [0.15, 0.2) is 60.2 Å². The van der Waals surface area contributed by atoms with Crippen LogP contribution in [0, 0.1) is 10.1 Å². The number of hydrogen-bond acceptors (Lipinski definition) is 5. The quantitative estimate of drug-likeness (QED) is 0.305. The molecule has 7 heteroatoms. The molecule has 1 aliphatic rings. The number of Topliss-reactive ketones (excluding diaryl/α,β-unsaturated/α-hetero) is 1. The Bertz CT molecular complexity index is 905. The minimum atomic E-state index is -1.03. The molecular formula is C18H14N2O5. The molecule has 1 heterocycles. The van der Waals surface area contributed by atoms with Gasteiger partial charge in [0, 0.05) is 18.7 Å². The molecule has 2 aromatic carbocycles. The molecule has 0 saturated carbocycles. The summed E-state index contributed by atoms with van der Waals surface area (Å²) in [6.07, 6.45) is 0. The fourth-order valence-corrected chi connectivity index (χ4v) is 2.95. The van der Waals surface area contributed by atoms with Crippen molar-refractivity contribution in [1.29, 1.82) is 0 Å². The van der Waals surface area contributed by atoms with Gasteiger partial charge in [0.15, 0.2) is 0 Å². The Morgan fingerprint density at radius 1 is 1.08 bits per heavy atom. The third-order valence-electron chi connectivity index (χ3n) is 4.15. The summed E-state index contributed by atoms with van der Waals surface area (Å²) in [6, 6.07) is 13.1. The average Bonchev–Trinajstić information content (AvgIpc) is 2.85. The first-order valence-electron chi connectivity index (χ1n) is 7.47. The van der Waals surface area contributed by atoms with Crippen LogP contribution in [0.1, 0.15) is 17.2 Å². The highest BCUT2D eigenvalue weighted by Crippen LogP contribution is 2.41. The molecule has 1 atom stereocenters. The summed E-state index contributed by atoms with van der Waals surface area (Å²) >= 11 is 0. The third kappa shape index (κ3) is 2.65. The molecule has 0 bridgehead atoms. The number of aliphatic hydroxyl groups excluding tert-OH is 1. The predicted molar refractivity (Wildman–Crippen MR) is 89.6 cm³/mol. The number of hydrogen-bond donors (Lipinski definition) is 1. The number of benzene rings is 2. The Morgan fingerprint density at radius 3 is 2.32 bits per heavy atom. The van der Waals surface area contributed by atoms with Crippen LogP contribution in [-0.4, -0.2) is 33.7 Å². The number of likely N-dealkylation sites (tertiary alicyclic amines) is 1. The molecule has 25 heavy (non-hydrogen) atoms. The van der Waals surface area contributed by atoms with Crippen molar-refractivity contribution in [2.45, 2.75) is 6.04 Å². The lowest BCUT2D eigenvalue weighted by atomic mass is 9.94. The van der Waals surface area contributed by atoms with Crippen molar-refractivity contribution in [2.24, 2.45) is 0 Å². The van der Waals surface area contributed by atoms with Crippen molar-refractivity contribution < 1.29 is 19.6 Å². The lowest BCUT2D eigenvalue weighted by Gasteiger charge is -2.20. The number of carbonyl (C=O) groups excluding carboxylic acids is 2. The topological polar surface area (TPSA) is 101 Å². The number of para-hydroxylation sites is 1. The smallest absolute Gasteiger partial charge is 0.295 e. The zero-order valence-corrected chi connectivity index (χ0v) is 13.2. The van der Waals surface area contributed by atoms with E-state index in [1.165, 1.54) is 25.2 Å². The van der Waals surface area contributed by atoms with Crippen LogP contribution in [0.3, 0.4) is 0 Å². The highest BCUT2D eigenvalue weighted by molar-refractivity contribution is 6.46. The van der Waals surface area contributed by atoms with Gasteiger partial charge >= 0.3 is 0 Å². The van der Waals surface area contributed by atoms with Gasteiger partial charge in [0.2, 0.25) is 0 Å². The average molecular weight is 338 g/mol. The van der Waals surface area contributed by atoms with E-state index < -0.39 is 22.7 Å². The molecule has 1 aliphatic heterocycles. The molecule has 0 aromatic heterocycles. The summed E-state index contributed by atoms with van der Waals surface area (Å²) in [7, 11) is 1.38. The number of rotatable bonds is 3. The molecule has 0 spiro atoms. The monoisotopic (exact) mass is 338 g/mol. The number of carbonyl (C=O) groups is 2. The maximum Gasteiger partial charge on any atom is 0.295 e. The van der Waals surface area contributed by atoms with Crippen molar-refractivity contribution in [3.8, 4) is 0 Å². The van der Waals surface area contributed by atoms with Gasteiger partial charge in [-0.2, -0.15) is 0 Å². The van der Waals surface area contributed by atoms with E-state index in [-0.39, 0.29) is 22.6 Å². The van der Waals surface area contributed by atoms with Gasteiger partial charge in [0.1, 0.15) is 5.76 Å². The summed E-state index contributed by atoms with van der Waals surface area (Å²) in [5, 5.41) is 21.9. The molecule has 7 nitrogen and oxygen atoms in total. The van der Waals surface area contributed by atoms with E-state index in [1.807, 2.05) is 0 Å². The Labute approximate surface area is 143 Å². The minimum Gasteiger partial charge on any atom is -0.507 e. The highest BCUT2D eigenvalue weighted by atomic mass is 16.6. The third-order valence-corrected chi connectivity index (χ3v) is 4.15. The molecular weight excluding hydrogens is 324 g/mol. The van der Waals surface area contributed by atoms with Crippen LogP contribution in [0.4, 0.5) is 5.69 Å². The van der Waals surface area contributed by atoms with Crippen molar-refractivity contribution in [3.05, 3.63) is 81.4 Å². The second-order valence-electron chi connectivity index (χ2n) is 5.59. The van der Waals surface area contributed by atoms with Gasteiger partial charge in [-0.05, 0) is 6.07 Å². The van der Waals surface area contributed by atoms with E-state index >= 15 is 0 Å². The van der Waals surface area contributed by atoms with Crippen LogP contribution >= 0.6 is 0 Å². The maximum atomic E-state index is 12.4. The largest absolute Gasteiger partial charge is 0.507 e. The first kappa shape index (κ1) is 16.4. The van der Waals surface area contributed by atoms with Gasteiger partial charge < -0.3 is 10.0 Å². The minimum absolute atomic E-state index is 0.159. The molecule has 1 fully saturated rings. The highest BCUT2D eigenvalue weighted by Gasteiger charge is 2.46. The van der Waals surface area contributed by atoms with E-state index in [9.17, 15) is 24.8 Å². The Balaban J connectivity index is 2.25. The van der Waals surface area contributed by atoms with Crippen molar-refractivity contribution in [3.63, 3.8) is 0 Å². The molecule has 0 unspecified atom stereocenters. The van der Waals surface area contributed by atoms with Crippen LogP contribution in [0.5, 0.6) is 0 Å².